The van der Waals surface area contributed by atoms with E-state index in [1.165, 1.54) is 135 Å². The topological polar surface area (TPSA) is 237 Å². The van der Waals surface area contributed by atoms with Gasteiger partial charge in [0.2, 0.25) is 0 Å². The molecule has 0 fully saturated rings. The normalized spacial score (nSPS) is 14.3. The largest absolute Gasteiger partial charge is 0.472 e. The van der Waals surface area contributed by atoms with E-state index in [9.17, 15) is 43.2 Å². The first-order chi connectivity index (χ1) is 49.7. The van der Waals surface area contributed by atoms with Gasteiger partial charge in [-0.1, -0.05) is 305 Å². The van der Waals surface area contributed by atoms with Gasteiger partial charge in [-0.25, -0.2) is 9.13 Å². The summed E-state index contributed by atoms with van der Waals surface area (Å²) in [5.41, 5.74) is 0. The maximum atomic E-state index is 13.1. The average Bonchev–Trinajstić information content (AvgIpc) is 0.924. The van der Waals surface area contributed by atoms with Gasteiger partial charge < -0.3 is 33.8 Å². The molecular weight excluding hydrogens is 1330 g/mol. The van der Waals surface area contributed by atoms with E-state index in [1.807, 2.05) is 12.2 Å². The van der Waals surface area contributed by atoms with Gasteiger partial charge in [-0.15, -0.1) is 0 Å². The Hall–Kier alpha value is -3.76. The number of aliphatic hydroxyl groups is 1. The van der Waals surface area contributed by atoms with Crippen LogP contribution in [0, 0.1) is 0 Å². The lowest BCUT2D eigenvalue weighted by Crippen LogP contribution is -2.30. The Bertz CT molecular complexity index is 2260. The molecule has 3 N–H and O–H groups in total. The Balaban J connectivity index is 5.39. The van der Waals surface area contributed by atoms with Crippen molar-refractivity contribution in [2.24, 2.45) is 0 Å². The quantitative estimate of drug-likeness (QED) is 0.0169. The van der Waals surface area contributed by atoms with Crippen molar-refractivity contribution in [1.29, 1.82) is 0 Å². The highest BCUT2D eigenvalue weighted by Gasteiger charge is 2.30. The SMILES string of the molecule is CCCCC/C=C\C/C=C\C/C=C\C/C=C\C/C=C\CCC(=O)OC[C@H](COP(=O)(O)OC[C@@H](O)COP(=O)(O)OC[C@@H](COC(=O)CCCCCCCCC/C=C\CCCCCC)OC(=O)CCCCCCCCCCCCCCC)OC(=O)CCCCCCCCC/C=C\CCCCCC. The van der Waals surface area contributed by atoms with Crippen molar-refractivity contribution in [2.45, 2.75) is 380 Å². The fraction of sp³-hybridized carbons (Fsp3) is 0.783. The van der Waals surface area contributed by atoms with Crippen LogP contribution in [0.1, 0.15) is 362 Å². The van der Waals surface area contributed by atoms with Crippen molar-refractivity contribution >= 4 is 39.5 Å². The zero-order valence-electron chi connectivity index (χ0n) is 64.8. The van der Waals surface area contributed by atoms with Crippen molar-refractivity contribution in [1.82, 2.24) is 0 Å². The number of hydrogen-bond acceptors (Lipinski definition) is 15. The lowest BCUT2D eigenvalue weighted by molar-refractivity contribution is -0.161. The predicted molar refractivity (Wildman–Crippen MR) is 418 cm³/mol. The summed E-state index contributed by atoms with van der Waals surface area (Å²) >= 11 is 0. The molecule has 17 nitrogen and oxygen atoms in total. The number of aliphatic hydroxyl groups excluding tert-OH is 1. The lowest BCUT2D eigenvalue weighted by atomic mass is 10.0. The minimum absolute atomic E-state index is 0.0391. The van der Waals surface area contributed by atoms with Gasteiger partial charge in [-0.3, -0.25) is 37.3 Å². The van der Waals surface area contributed by atoms with E-state index in [4.69, 9.17) is 37.0 Å². The molecule has 0 aliphatic carbocycles. The van der Waals surface area contributed by atoms with Crippen LogP contribution >= 0.6 is 15.6 Å². The number of phosphoric ester groups is 2. The maximum absolute atomic E-state index is 13.1. The standard InChI is InChI=1S/C83H148O17P2/c1-5-9-13-17-21-25-29-33-36-37-38-39-42-45-48-52-56-60-64-68-81(86)94-74-79(100-83(88)70-66-62-58-54-50-46-41-35-31-27-23-19-15-11-7-3)76-98-102(91,92)96-72-77(84)71-95-101(89,90)97-75-78(99-82(87)69-65-61-57-53-49-43-32-28-24-20-16-12-8-4)73-93-80(85)67-63-59-55-51-47-44-40-34-30-26-22-18-14-10-6-2/h21,25-27,30-31,33,36,38-39,45,48,56,60,77-79,84H,5-20,22-24,28-29,32,34-35,37,40-44,46-47,49-55,57-59,61-76H2,1-4H3,(H,89,90)(H,91,92)/b25-21-,30-26-,31-27-,36-33-,39-38-,48-45-,60-56-/t77-,78+,79+/m0/s1. The van der Waals surface area contributed by atoms with E-state index in [0.29, 0.717) is 32.1 Å². The van der Waals surface area contributed by atoms with E-state index in [0.717, 1.165) is 141 Å². The average molecular weight is 1480 g/mol. The van der Waals surface area contributed by atoms with Gasteiger partial charge >= 0.3 is 39.5 Å². The first-order valence-electron chi connectivity index (χ1n) is 40.8. The highest BCUT2D eigenvalue weighted by atomic mass is 31.2. The van der Waals surface area contributed by atoms with Gasteiger partial charge in [-0.05, 0) is 116 Å². The van der Waals surface area contributed by atoms with Crippen molar-refractivity contribution in [2.75, 3.05) is 39.6 Å². The number of rotatable bonds is 77. The summed E-state index contributed by atoms with van der Waals surface area (Å²) < 4.78 is 68.6. The third-order valence-corrected chi connectivity index (χ3v) is 19.2. The summed E-state index contributed by atoms with van der Waals surface area (Å²) in [7, 11) is -9.97. The number of phosphoric acid groups is 2. The summed E-state index contributed by atoms with van der Waals surface area (Å²) in [6, 6.07) is 0. The van der Waals surface area contributed by atoms with E-state index >= 15 is 0 Å². The second-order valence-electron chi connectivity index (χ2n) is 27.4. The van der Waals surface area contributed by atoms with Gasteiger partial charge in [0.1, 0.15) is 19.3 Å². The Kier molecular flexibility index (Phi) is 72.7. The summed E-state index contributed by atoms with van der Waals surface area (Å²) in [5.74, 6) is -2.25. The van der Waals surface area contributed by atoms with Gasteiger partial charge in [0.25, 0.3) is 0 Å². The number of hydrogen-bond donors (Lipinski definition) is 3. The molecule has 0 saturated heterocycles. The molecule has 0 spiro atoms. The molecule has 0 amide bonds. The molecule has 0 heterocycles. The van der Waals surface area contributed by atoms with Gasteiger partial charge in [-0.2, -0.15) is 0 Å². The molecule has 592 valence electrons. The number of ether oxygens (including phenoxy) is 4. The summed E-state index contributed by atoms with van der Waals surface area (Å²) in [6.45, 7) is 4.79. The molecule has 19 heteroatoms. The first kappa shape index (κ1) is 98.2. The van der Waals surface area contributed by atoms with E-state index in [2.05, 4.69) is 101 Å². The Morgan fingerprint density at radius 2 is 0.500 bits per heavy atom. The molecule has 0 aromatic rings. The Morgan fingerprint density at radius 1 is 0.275 bits per heavy atom. The smallest absolute Gasteiger partial charge is 0.462 e. The second-order valence-corrected chi connectivity index (χ2v) is 30.3. The predicted octanol–water partition coefficient (Wildman–Crippen LogP) is 23.8. The van der Waals surface area contributed by atoms with Crippen molar-refractivity contribution in [3.05, 3.63) is 85.1 Å². The van der Waals surface area contributed by atoms with Crippen LogP contribution in [0.2, 0.25) is 0 Å². The van der Waals surface area contributed by atoms with E-state index in [-0.39, 0.29) is 25.7 Å². The van der Waals surface area contributed by atoms with E-state index in [1.54, 1.807) is 0 Å². The number of carbonyl (C=O) groups excluding carboxylic acids is 4. The number of esters is 4. The maximum Gasteiger partial charge on any atom is 0.472 e. The zero-order valence-corrected chi connectivity index (χ0v) is 66.6. The highest BCUT2D eigenvalue weighted by Crippen LogP contribution is 2.45. The number of carbonyl (C=O) groups is 4. The summed E-state index contributed by atoms with van der Waals surface area (Å²) in [5, 5.41) is 10.6. The highest BCUT2D eigenvalue weighted by molar-refractivity contribution is 7.47. The molecule has 0 aliphatic rings. The van der Waals surface area contributed by atoms with Crippen LogP contribution in [-0.4, -0.2) is 96.7 Å². The lowest BCUT2D eigenvalue weighted by Gasteiger charge is -2.21. The molecule has 2 unspecified atom stereocenters. The van der Waals surface area contributed by atoms with Crippen LogP contribution in [0.3, 0.4) is 0 Å². The van der Waals surface area contributed by atoms with Crippen LogP contribution < -0.4 is 0 Å². The van der Waals surface area contributed by atoms with Crippen LogP contribution in [-0.2, 0) is 65.4 Å². The fourth-order valence-corrected chi connectivity index (χ4v) is 12.7. The first-order valence-corrected chi connectivity index (χ1v) is 43.8. The summed E-state index contributed by atoms with van der Waals surface area (Å²) in [4.78, 5) is 73.0. The monoisotopic (exact) mass is 1480 g/mol. The van der Waals surface area contributed by atoms with Crippen LogP contribution in [0.5, 0.6) is 0 Å². The third kappa shape index (κ3) is 74.5. The van der Waals surface area contributed by atoms with Crippen LogP contribution in [0.4, 0.5) is 0 Å². The van der Waals surface area contributed by atoms with Crippen LogP contribution in [0.15, 0.2) is 85.1 Å². The molecule has 0 saturated carbocycles. The second kappa shape index (κ2) is 75.5. The fourth-order valence-electron chi connectivity index (χ4n) is 11.1. The molecule has 0 aliphatic heterocycles. The van der Waals surface area contributed by atoms with Gasteiger partial charge in [0.05, 0.1) is 26.4 Å². The molecule has 0 aromatic heterocycles. The number of allylic oxidation sites excluding steroid dienone is 14. The molecule has 0 aromatic carbocycles. The zero-order chi connectivity index (χ0) is 74.6. The Morgan fingerprint density at radius 3 is 0.833 bits per heavy atom. The Labute approximate surface area is 621 Å². The van der Waals surface area contributed by atoms with Gasteiger partial charge in [0.15, 0.2) is 12.2 Å². The molecule has 0 bridgehead atoms. The molecule has 0 radical (unpaired) electrons. The molecule has 0 rings (SSSR count). The van der Waals surface area contributed by atoms with Crippen molar-refractivity contribution in [3.8, 4) is 0 Å². The van der Waals surface area contributed by atoms with E-state index < -0.39 is 97.5 Å². The van der Waals surface area contributed by atoms with Gasteiger partial charge in [0, 0.05) is 25.7 Å². The minimum atomic E-state index is -4.99. The third-order valence-electron chi connectivity index (χ3n) is 17.3. The number of unbranched alkanes of at least 4 members (excludes halogenated alkanes) is 37. The summed E-state index contributed by atoms with van der Waals surface area (Å²) in [6.07, 6.45) is 78.5. The molecule has 5 atom stereocenters. The molecule has 102 heavy (non-hydrogen) atoms. The minimum Gasteiger partial charge on any atom is -0.462 e. The molecular formula is C83H148O17P2. The van der Waals surface area contributed by atoms with Crippen molar-refractivity contribution in [3.63, 3.8) is 0 Å². The van der Waals surface area contributed by atoms with Crippen molar-refractivity contribution < 1.29 is 80.2 Å². The van der Waals surface area contributed by atoms with Crippen LogP contribution in [0.25, 0.3) is 0 Å².